The minimum absolute atomic E-state index is 0.972. The summed E-state index contributed by atoms with van der Waals surface area (Å²) in [5.41, 5.74) is 0. The summed E-state index contributed by atoms with van der Waals surface area (Å²) in [6.07, 6.45) is 0. The van der Waals surface area contributed by atoms with Crippen LogP contribution in [-0.4, -0.2) is 11.2 Å². The molecular formula is C2H6NO3-. The zero-order chi connectivity index (χ0) is 5.58. The molecule has 4 heteroatoms. The van der Waals surface area contributed by atoms with Crippen LogP contribution in [0.2, 0.25) is 0 Å². The van der Waals surface area contributed by atoms with Gasteiger partial charge < -0.3 is 15.1 Å². The summed E-state index contributed by atoms with van der Waals surface area (Å²) in [6.45, 7) is 0.972. The van der Waals surface area contributed by atoms with Crippen molar-refractivity contribution in [3.63, 3.8) is 0 Å². The van der Waals surface area contributed by atoms with Crippen LogP contribution in [0, 0.1) is 0 Å². The minimum Gasteiger partial charge on any atom is -0.550 e. The quantitative estimate of drug-likeness (QED) is 0.341. The third-order valence-electron chi connectivity index (χ3n) is 0. The predicted molar refractivity (Wildman–Crippen MR) is 16.7 cm³/mol. The van der Waals surface area contributed by atoms with Crippen molar-refractivity contribution in [3.8, 4) is 0 Å². The second kappa shape index (κ2) is 8.83. The summed E-state index contributed by atoms with van der Waals surface area (Å²) in [5.74, 6) is 2.42. The molecule has 0 aromatic carbocycles. The third-order valence-corrected chi connectivity index (χ3v) is 0. The SMILES string of the molecule is CC(=O)[O-].NO. The number of carboxylic acids is 1. The molecule has 0 fully saturated rings. The number of aliphatic carboxylic acids is 1. The molecule has 0 saturated heterocycles. The highest BCUT2D eigenvalue weighted by Crippen LogP contribution is 1.31. The van der Waals surface area contributed by atoms with Crippen molar-refractivity contribution >= 4 is 5.97 Å². The maximum atomic E-state index is 8.89. The van der Waals surface area contributed by atoms with Crippen LogP contribution in [-0.2, 0) is 4.79 Å². The van der Waals surface area contributed by atoms with Crippen molar-refractivity contribution < 1.29 is 15.1 Å². The molecule has 0 heterocycles. The molecule has 0 radical (unpaired) electrons. The maximum Gasteiger partial charge on any atom is 0.0383 e. The van der Waals surface area contributed by atoms with Gasteiger partial charge >= 0.3 is 0 Å². The van der Waals surface area contributed by atoms with Crippen molar-refractivity contribution in [2.75, 3.05) is 0 Å². The standard InChI is InChI=1S/C2H4O2.H3NO/c1-2(3)4;1-2/h1H3,(H,3,4);2H,1H2/p-1. The van der Waals surface area contributed by atoms with Gasteiger partial charge in [-0.05, 0) is 6.92 Å². The number of rotatable bonds is 0. The lowest BCUT2D eigenvalue weighted by molar-refractivity contribution is -0.302. The van der Waals surface area contributed by atoms with E-state index in [2.05, 4.69) is 5.90 Å². The van der Waals surface area contributed by atoms with Crippen LogP contribution in [0.15, 0.2) is 0 Å². The highest BCUT2D eigenvalue weighted by atomic mass is 16.4. The molecule has 3 N–H and O–H groups in total. The van der Waals surface area contributed by atoms with Gasteiger partial charge in [-0.25, -0.2) is 5.90 Å². The molecule has 0 aliphatic rings. The van der Waals surface area contributed by atoms with Gasteiger partial charge in [0.2, 0.25) is 0 Å². The van der Waals surface area contributed by atoms with Crippen molar-refractivity contribution in [2.45, 2.75) is 6.92 Å². The molecule has 0 aromatic rings. The monoisotopic (exact) mass is 92.0 g/mol. The summed E-state index contributed by atoms with van der Waals surface area (Å²) in [4.78, 5) is 8.89. The average molecular weight is 92.1 g/mol. The van der Waals surface area contributed by atoms with Crippen molar-refractivity contribution in [3.05, 3.63) is 0 Å². The van der Waals surface area contributed by atoms with Gasteiger partial charge in [0.15, 0.2) is 0 Å². The normalized spacial score (nSPS) is 5.17. The number of carbonyl (C=O) groups is 1. The van der Waals surface area contributed by atoms with Gasteiger partial charge in [0.25, 0.3) is 0 Å². The van der Waals surface area contributed by atoms with Gasteiger partial charge in [0.05, 0.1) is 0 Å². The summed E-state index contributed by atoms with van der Waals surface area (Å²) in [5, 5.41) is 15.4. The van der Waals surface area contributed by atoms with Crippen LogP contribution in [0.3, 0.4) is 0 Å². The van der Waals surface area contributed by atoms with Gasteiger partial charge in [-0.3, -0.25) is 0 Å². The van der Waals surface area contributed by atoms with Gasteiger partial charge in [0, 0.05) is 5.97 Å². The second-order valence-electron chi connectivity index (χ2n) is 0.492. The fourth-order valence-electron chi connectivity index (χ4n) is 0. The topological polar surface area (TPSA) is 86.4 Å². The Hall–Kier alpha value is -0.610. The number of carbonyl (C=O) groups excluding carboxylic acids is 1. The van der Waals surface area contributed by atoms with E-state index in [9.17, 15) is 0 Å². The van der Waals surface area contributed by atoms with Crippen molar-refractivity contribution in [1.29, 1.82) is 0 Å². The van der Waals surface area contributed by atoms with Crippen molar-refractivity contribution in [1.82, 2.24) is 0 Å². The predicted octanol–water partition coefficient (Wildman–Crippen LogP) is -1.91. The Balaban J connectivity index is 0. The molecule has 0 saturated carbocycles. The molecule has 0 aliphatic heterocycles. The molecule has 0 aliphatic carbocycles. The lowest BCUT2D eigenvalue weighted by atomic mass is 10.9. The van der Waals surface area contributed by atoms with E-state index in [0.717, 1.165) is 6.92 Å². The number of carboxylic acid groups (broad SMARTS) is 1. The molecule has 0 amide bonds. The Bertz CT molecular complexity index is 31.8. The molecular weight excluding hydrogens is 86.0 g/mol. The highest BCUT2D eigenvalue weighted by molar-refractivity contribution is 5.60. The van der Waals surface area contributed by atoms with E-state index < -0.39 is 5.97 Å². The van der Waals surface area contributed by atoms with Gasteiger partial charge in [-0.15, -0.1) is 0 Å². The van der Waals surface area contributed by atoms with Crippen LogP contribution < -0.4 is 11.0 Å². The molecule has 0 atom stereocenters. The first-order valence-corrected chi connectivity index (χ1v) is 1.17. The summed E-state index contributed by atoms with van der Waals surface area (Å²) in [6, 6.07) is 0. The Morgan fingerprint density at radius 3 is 1.83 bits per heavy atom. The lowest BCUT2D eigenvalue weighted by Gasteiger charge is -1.77. The molecule has 38 valence electrons. The molecule has 0 spiro atoms. The third kappa shape index (κ3) is 52.0. The number of hydrogen-bond acceptors (Lipinski definition) is 4. The van der Waals surface area contributed by atoms with E-state index in [-0.39, 0.29) is 0 Å². The molecule has 4 nitrogen and oxygen atoms in total. The lowest BCUT2D eigenvalue weighted by Crippen LogP contribution is -2.16. The Labute approximate surface area is 35.2 Å². The van der Waals surface area contributed by atoms with E-state index >= 15 is 0 Å². The average Bonchev–Trinajstić information content (AvgIpc) is 1.41. The van der Waals surface area contributed by atoms with Crippen LogP contribution in [0.1, 0.15) is 6.92 Å². The Kier molecular flexibility index (Phi) is 13.3. The molecule has 0 aromatic heterocycles. The van der Waals surface area contributed by atoms with Crippen molar-refractivity contribution in [2.24, 2.45) is 5.90 Å². The number of nitrogens with two attached hydrogens (primary N) is 1. The molecule has 6 heavy (non-hydrogen) atoms. The van der Waals surface area contributed by atoms with Crippen LogP contribution >= 0.6 is 0 Å². The van der Waals surface area contributed by atoms with Crippen LogP contribution in [0.5, 0.6) is 0 Å². The first kappa shape index (κ1) is 9.04. The molecule has 0 bridgehead atoms. The Morgan fingerprint density at radius 1 is 1.83 bits per heavy atom. The number of hydrogen-bond donors (Lipinski definition) is 2. The fraction of sp³-hybridized carbons (Fsp3) is 0.500. The van der Waals surface area contributed by atoms with Gasteiger partial charge in [-0.2, -0.15) is 0 Å². The molecule has 0 rings (SSSR count). The summed E-state index contributed by atoms with van der Waals surface area (Å²) >= 11 is 0. The zero-order valence-electron chi connectivity index (χ0n) is 3.34. The van der Waals surface area contributed by atoms with E-state index in [4.69, 9.17) is 15.1 Å². The van der Waals surface area contributed by atoms with Gasteiger partial charge in [-0.1, -0.05) is 0 Å². The summed E-state index contributed by atoms with van der Waals surface area (Å²) in [7, 11) is 0. The maximum absolute atomic E-state index is 8.89. The zero-order valence-corrected chi connectivity index (χ0v) is 3.34. The van der Waals surface area contributed by atoms with Gasteiger partial charge in [0.1, 0.15) is 0 Å². The summed E-state index contributed by atoms with van der Waals surface area (Å²) < 4.78 is 0. The first-order chi connectivity index (χ1) is 2.73. The van der Waals surface area contributed by atoms with Crippen LogP contribution in [0.4, 0.5) is 0 Å². The highest BCUT2D eigenvalue weighted by Gasteiger charge is 1.46. The van der Waals surface area contributed by atoms with E-state index in [1.165, 1.54) is 0 Å². The van der Waals surface area contributed by atoms with E-state index in [0.29, 0.717) is 0 Å². The van der Waals surface area contributed by atoms with E-state index in [1.807, 2.05) is 0 Å². The largest absolute Gasteiger partial charge is 0.550 e. The second-order valence-corrected chi connectivity index (χ2v) is 0.492. The fourth-order valence-corrected chi connectivity index (χ4v) is 0. The Morgan fingerprint density at radius 2 is 1.83 bits per heavy atom. The smallest absolute Gasteiger partial charge is 0.0383 e. The first-order valence-electron chi connectivity index (χ1n) is 1.17. The van der Waals surface area contributed by atoms with Crippen LogP contribution in [0.25, 0.3) is 0 Å². The minimum atomic E-state index is -1.08. The molecule has 0 unspecified atom stereocenters. The van der Waals surface area contributed by atoms with E-state index in [1.54, 1.807) is 0 Å².